The van der Waals surface area contributed by atoms with Gasteiger partial charge in [-0.05, 0) is 79.5 Å². The fraction of sp³-hybridized carbons (Fsp3) is 0.513. The van der Waals surface area contributed by atoms with Crippen LogP contribution in [0.1, 0.15) is 86.2 Å². The van der Waals surface area contributed by atoms with E-state index in [2.05, 4.69) is 0 Å². The first-order chi connectivity index (χ1) is 24.5. The number of β-lactam (4-membered cyclic amide) rings is 1. The molecule has 1 fully saturated rings. The number of likely N-dealkylation sites (tertiary alicyclic amines) is 1. The molecule has 280 valence electrons. The molecule has 1 heterocycles. The van der Waals surface area contributed by atoms with Gasteiger partial charge >= 0.3 is 0 Å². The van der Waals surface area contributed by atoms with Crippen LogP contribution in [-0.2, 0) is 4.79 Å². The van der Waals surface area contributed by atoms with Crippen molar-refractivity contribution in [3.8, 4) is 5.75 Å². The summed E-state index contributed by atoms with van der Waals surface area (Å²) in [6, 6.07) is 18.4. The molecule has 0 saturated carbocycles. The van der Waals surface area contributed by atoms with Gasteiger partial charge in [0.1, 0.15) is 35.7 Å². The third-order valence-electron chi connectivity index (χ3n) is 9.58. The Morgan fingerprint density at radius 1 is 0.765 bits per heavy atom. The molecule has 0 aromatic heterocycles. The Labute approximate surface area is 298 Å². The number of halogens is 2. The molecule has 1 aliphatic heterocycles. The second-order valence-electron chi connectivity index (χ2n) is 13.5. The van der Waals surface area contributed by atoms with Crippen LogP contribution in [0.2, 0.25) is 0 Å². The molecule has 1 amide bonds. The fourth-order valence-corrected chi connectivity index (χ4v) is 6.48. The van der Waals surface area contributed by atoms with Gasteiger partial charge in [-0.3, -0.25) is 4.79 Å². The highest BCUT2D eigenvalue weighted by Gasteiger charge is 2.43. The summed E-state index contributed by atoms with van der Waals surface area (Å²) < 4.78 is 33.2. The van der Waals surface area contributed by atoms with Crippen molar-refractivity contribution in [2.45, 2.75) is 94.0 Å². The molecule has 12 heteroatoms. The number of unbranched alkanes of at least 4 members (excludes halogenated alkanes) is 5. The van der Waals surface area contributed by atoms with E-state index in [1.165, 1.54) is 36.4 Å². The Hall–Kier alpha value is -3.49. The van der Waals surface area contributed by atoms with Crippen LogP contribution in [0.15, 0.2) is 72.8 Å². The Morgan fingerprint density at radius 2 is 1.31 bits per heavy atom. The number of likely N-dealkylation sites (N-methyl/N-ethyl adjacent to an activating group) is 1. The van der Waals surface area contributed by atoms with Gasteiger partial charge in [-0.25, -0.2) is 8.78 Å². The molecule has 0 spiro atoms. The Morgan fingerprint density at radius 3 is 1.90 bits per heavy atom. The summed E-state index contributed by atoms with van der Waals surface area (Å²) in [4.78, 5) is 16.6. The predicted octanol–water partition coefficient (Wildman–Crippen LogP) is 4.19. The number of carbonyl (C=O) groups excluding carboxylic acids is 1. The van der Waals surface area contributed by atoms with E-state index in [-0.39, 0.29) is 24.9 Å². The zero-order chi connectivity index (χ0) is 36.9. The summed E-state index contributed by atoms with van der Waals surface area (Å²) in [7, 11) is 1.81. The second kappa shape index (κ2) is 19.9. The van der Waals surface area contributed by atoms with E-state index in [1.54, 1.807) is 17.0 Å². The van der Waals surface area contributed by atoms with Crippen LogP contribution in [-0.4, -0.2) is 104 Å². The Bertz CT molecular complexity index is 1460. The van der Waals surface area contributed by atoms with Crippen LogP contribution in [0.3, 0.4) is 0 Å². The number of nitrogens with zero attached hydrogens (tertiary/aromatic N) is 2. The number of aliphatic hydroxyl groups excluding tert-OH is 6. The summed E-state index contributed by atoms with van der Waals surface area (Å²) in [5.74, 6) is -0.145. The van der Waals surface area contributed by atoms with Gasteiger partial charge in [0.05, 0.1) is 43.9 Å². The summed E-state index contributed by atoms with van der Waals surface area (Å²) in [5.41, 5.74) is 2.17. The van der Waals surface area contributed by atoms with E-state index in [1.807, 2.05) is 36.2 Å². The quantitative estimate of drug-likeness (QED) is 0.0665. The van der Waals surface area contributed by atoms with E-state index in [0.717, 1.165) is 49.8 Å². The van der Waals surface area contributed by atoms with Gasteiger partial charge in [-0.2, -0.15) is 0 Å². The largest absolute Gasteiger partial charge is 0.494 e. The van der Waals surface area contributed by atoms with E-state index in [0.29, 0.717) is 30.7 Å². The number of benzene rings is 3. The van der Waals surface area contributed by atoms with E-state index in [9.17, 15) is 39.1 Å². The Kier molecular flexibility index (Phi) is 15.7. The molecular formula is C39H52F2N2O8. The lowest BCUT2D eigenvalue weighted by atomic mass is 9.86. The monoisotopic (exact) mass is 714 g/mol. The highest BCUT2D eigenvalue weighted by atomic mass is 19.1. The van der Waals surface area contributed by atoms with Crippen molar-refractivity contribution < 1.29 is 49.0 Å². The van der Waals surface area contributed by atoms with Crippen molar-refractivity contribution in [3.63, 3.8) is 0 Å². The van der Waals surface area contributed by atoms with Crippen LogP contribution in [0.4, 0.5) is 8.78 Å². The third-order valence-corrected chi connectivity index (χ3v) is 9.58. The number of hydrogen-bond donors (Lipinski definition) is 6. The van der Waals surface area contributed by atoms with E-state index >= 15 is 0 Å². The molecule has 1 aliphatic rings. The van der Waals surface area contributed by atoms with E-state index < -0.39 is 54.8 Å². The standard InChI is InChI=1S/C39H52F2N2O8/c1-42(24-35(46)38(49)39(50)36(47)25-44)20-6-4-2-3-5-7-21-51-31-18-12-27(13-19-31)33-23-37(48)43(33)32(26-8-14-29(40)15-9-26)22-34(45)28-10-16-30(41)17-11-28/h8-19,32-36,38-39,44-47,49-50H,2-7,20-25H2,1H3. The maximum Gasteiger partial charge on any atom is 0.226 e. The average Bonchev–Trinajstić information content (AvgIpc) is 3.12. The lowest BCUT2D eigenvalue weighted by molar-refractivity contribution is -0.152. The lowest BCUT2D eigenvalue weighted by Crippen LogP contribution is -2.49. The van der Waals surface area contributed by atoms with Crippen LogP contribution >= 0.6 is 0 Å². The second-order valence-corrected chi connectivity index (χ2v) is 13.5. The minimum absolute atomic E-state index is 0.0702. The number of ether oxygens (including phenoxy) is 1. The van der Waals surface area contributed by atoms with Crippen molar-refractivity contribution in [2.75, 3.05) is 33.4 Å². The Balaban J connectivity index is 1.18. The van der Waals surface area contributed by atoms with Gasteiger partial charge in [0.25, 0.3) is 0 Å². The maximum absolute atomic E-state index is 13.8. The van der Waals surface area contributed by atoms with Crippen LogP contribution < -0.4 is 4.74 Å². The fourth-order valence-electron chi connectivity index (χ4n) is 6.48. The van der Waals surface area contributed by atoms with Crippen LogP contribution in [0, 0.1) is 11.6 Å². The van der Waals surface area contributed by atoms with Crippen molar-refractivity contribution in [1.82, 2.24) is 9.80 Å². The van der Waals surface area contributed by atoms with Gasteiger partial charge in [0.2, 0.25) is 5.91 Å². The predicted molar refractivity (Wildman–Crippen MR) is 188 cm³/mol. The molecule has 51 heavy (non-hydrogen) atoms. The zero-order valence-electron chi connectivity index (χ0n) is 29.1. The van der Waals surface area contributed by atoms with Gasteiger partial charge in [0, 0.05) is 13.0 Å². The molecule has 0 bridgehead atoms. The molecule has 3 aromatic carbocycles. The van der Waals surface area contributed by atoms with Gasteiger partial charge in [-0.15, -0.1) is 0 Å². The summed E-state index contributed by atoms with van der Waals surface area (Å²) >= 11 is 0. The molecule has 1 saturated heterocycles. The molecule has 10 nitrogen and oxygen atoms in total. The molecule has 0 aliphatic carbocycles. The summed E-state index contributed by atoms with van der Waals surface area (Å²) in [6.07, 6.45) is -0.502. The van der Waals surface area contributed by atoms with Gasteiger partial charge < -0.3 is 45.2 Å². The van der Waals surface area contributed by atoms with Crippen LogP contribution in [0.25, 0.3) is 0 Å². The first-order valence-electron chi connectivity index (χ1n) is 17.7. The number of amides is 1. The molecule has 7 unspecified atom stereocenters. The highest BCUT2D eigenvalue weighted by Crippen LogP contribution is 2.45. The molecule has 7 atom stereocenters. The lowest BCUT2D eigenvalue weighted by Gasteiger charge is -2.47. The average molecular weight is 715 g/mol. The third kappa shape index (κ3) is 11.8. The minimum Gasteiger partial charge on any atom is -0.494 e. The normalized spacial score (nSPS) is 18.2. The molecule has 4 rings (SSSR count). The number of aliphatic hydroxyl groups is 6. The summed E-state index contributed by atoms with van der Waals surface area (Å²) in [5, 5.41) is 59.2. The van der Waals surface area contributed by atoms with Crippen molar-refractivity contribution in [3.05, 3.63) is 101 Å². The zero-order valence-corrected chi connectivity index (χ0v) is 29.1. The first kappa shape index (κ1) is 40.3. The summed E-state index contributed by atoms with van der Waals surface area (Å²) in [6.45, 7) is 0.703. The van der Waals surface area contributed by atoms with E-state index in [4.69, 9.17) is 9.84 Å². The van der Waals surface area contributed by atoms with Gasteiger partial charge in [-0.1, -0.05) is 62.1 Å². The number of hydrogen-bond acceptors (Lipinski definition) is 9. The van der Waals surface area contributed by atoms with Crippen molar-refractivity contribution >= 4 is 5.91 Å². The first-order valence-corrected chi connectivity index (χ1v) is 17.7. The van der Waals surface area contributed by atoms with Crippen LogP contribution in [0.5, 0.6) is 5.75 Å². The smallest absolute Gasteiger partial charge is 0.226 e. The van der Waals surface area contributed by atoms with Crippen molar-refractivity contribution in [2.24, 2.45) is 0 Å². The topological polar surface area (TPSA) is 154 Å². The number of rotatable bonds is 22. The molecular weight excluding hydrogens is 662 g/mol. The minimum atomic E-state index is -1.62. The molecule has 0 radical (unpaired) electrons. The molecule has 6 N–H and O–H groups in total. The molecule has 3 aromatic rings. The van der Waals surface area contributed by atoms with Gasteiger partial charge in [0.15, 0.2) is 0 Å². The highest BCUT2D eigenvalue weighted by molar-refractivity contribution is 5.84. The maximum atomic E-state index is 13.8. The number of carbonyl (C=O) groups is 1. The SMILES string of the molecule is CN(CCCCCCCCOc1ccc(C2CC(=O)N2C(CC(O)c2ccc(F)cc2)c2ccc(F)cc2)cc1)CC(O)C(O)C(O)C(O)CO. The van der Waals surface area contributed by atoms with Crippen molar-refractivity contribution in [1.29, 1.82) is 0 Å².